The van der Waals surface area contributed by atoms with Gasteiger partial charge in [0.15, 0.2) is 5.41 Å². The zero-order valence-corrected chi connectivity index (χ0v) is 10.5. The van der Waals surface area contributed by atoms with E-state index in [1.54, 1.807) is 44.2 Å². The first-order valence-corrected chi connectivity index (χ1v) is 5.77. The van der Waals surface area contributed by atoms with Crippen LogP contribution < -0.4 is 5.90 Å². The maximum atomic E-state index is 12.1. The zero-order chi connectivity index (χ0) is 13.6. The maximum absolute atomic E-state index is 12.1. The van der Waals surface area contributed by atoms with Gasteiger partial charge >= 0.3 is 11.9 Å². The van der Waals surface area contributed by atoms with Crippen LogP contribution >= 0.6 is 0 Å². The maximum Gasteiger partial charge on any atom is 0.346 e. The van der Waals surface area contributed by atoms with Gasteiger partial charge in [0.25, 0.3) is 0 Å². The molecule has 0 saturated carbocycles. The van der Waals surface area contributed by atoms with Crippen LogP contribution in [0.2, 0.25) is 0 Å². The van der Waals surface area contributed by atoms with Crippen LogP contribution in [0.1, 0.15) is 25.8 Å². The molecule has 0 aliphatic rings. The molecule has 0 spiro atoms. The first-order valence-electron chi connectivity index (χ1n) is 5.77. The van der Waals surface area contributed by atoms with Gasteiger partial charge < -0.3 is 9.57 Å². The average Bonchev–Trinajstić information content (AvgIpc) is 2.41. The van der Waals surface area contributed by atoms with E-state index in [0.29, 0.717) is 5.56 Å². The number of carbonyl (C=O) groups is 2. The summed E-state index contributed by atoms with van der Waals surface area (Å²) in [6.07, 6.45) is 0.214. The van der Waals surface area contributed by atoms with Crippen molar-refractivity contribution in [3.8, 4) is 0 Å². The Kier molecular flexibility index (Phi) is 4.85. The molecule has 5 heteroatoms. The minimum absolute atomic E-state index is 0.186. The Balaban J connectivity index is 3.32. The molecule has 1 atom stereocenters. The molecular weight excluding hydrogens is 234 g/mol. The Morgan fingerprint density at radius 2 is 1.78 bits per heavy atom. The second kappa shape index (κ2) is 6.16. The molecule has 18 heavy (non-hydrogen) atoms. The van der Waals surface area contributed by atoms with E-state index in [0.717, 1.165) is 0 Å². The van der Waals surface area contributed by atoms with Gasteiger partial charge in [0.2, 0.25) is 0 Å². The van der Waals surface area contributed by atoms with Gasteiger partial charge in [-0.05, 0) is 18.9 Å². The predicted molar refractivity (Wildman–Crippen MR) is 65.3 cm³/mol. The van der Waals surface area contributed by atoms with Gasteiger partial charge in [-0.25, -0.2) is 4.79 Å². The average molecular weight is 251 g/mol. The van der Waals surface area contributed by atoms with Crippen molar-refractivity contribution in [2.24, 2.45) is 5.90 Å². The van der Waals surface area contributed by atoms with E-state index in [4.69, 9.17) is 10.6 Å². The SMILES string of the molecule is CCOC(=O)C(CC)(C(=O)ON)c1ccccc1. The third-order valence-corrected chi connectivity index (χ3v) is 2.88. The third kappa shape index (κ3) is 2.36. The van der Waals surface area contributed by atoms with E-state index in [1.807, 2.05) is 0 Å². The molecule has 1 aromatic carbocycles. The Labute approximate surface area is 106 Å². The van der Waals surface area contributed by atoms with E-state index in [2.05, 4.69) is 4.84 Å². The van der Waals surface area contributed by atoms with Crippen LogP contribution in [0, 0.1) is 0 Å². The monoisotopic (exact) mass is 251 g/mol. The quantitative estimate of drug-likeness (QED) is 0.485. The highest BCUT2D eigenvalue weighted by Crippen LogP contribution is 2.31. The molecule has 0 aliphatic carbocycles. The predicted octanol–water partition coefficient (Wildman–Crippen LogP) is 1.31. The van der Waals surface area contributed by atoms with Gasteiger partial charge in [0.05, 0.1) is 6.61 Å². The molecule has 2 N–H and O–H groups in total. The lowest BCUT2D eigenvalue weighted by molar-refractivity contribution is -0.165. The van der Waals surface area contributed by atoms with E-state index < -0.39 is 17.4 Å². The zero-order valence-electron chi connectivity index (χ0n) is 10.5. The fourth-order valence-electron chi connectivity index (χ4n) is 1.89. The summed E-state index contributed by atoms with van der Waals surface area (Å²) in [7, 11) is 0. The van der Waals surface area contributed by atoms with E-state index >= 15 is 0 Å². The highest BCUT2D eigenvalue weighted by atomic mass is 16.7. The van der Waals surface area contributed by atoms with Gasteiger partial charge in [-0.15, -0.1) is 0 Å². The van der Waals surface area contributed by atoms with Gasteiger partial charge in [-0.3, -0.25) is 4.79 Å². The number of hydrogen-bond donors (Lipinski definition) is 1. The molecule has 0 aliphatic heterocycles. The summed E-state index contributed by atoms with van der Waals surface area (Å²) >= 11 is 0. The van der Waals surface area contributed by atoms with Crippen molar-refractivity contribution in [3.05, 3.63) is 35.9 Å². The van der Waals surface area contributed by atoms with E-state index in [-0.39, 0.29) is 13.0 Å². The minimum Gasteiger partial charge on any atom is -0.465 e. The standard InChI is InChI=1S/C13H17NO4/c1-3-13(12(16)18-14,11(15)17-4-2)10-8-6-5-7-9-10/h5-9H,3-4,14H2,1-2H3. The Morgan fingerprint density at radius 1 is 1.17 bits per heavy atom. The van der Waals surface area contributed by atoms with Crippen molar-refractivity contribution in [1.82, 2.24) is 0 Å². The molecule has 5 nitrogen and oxygen atoms in total. The largest absolute Gasteiger partial charge is 0.465 e. The molecule has 1 unspecified atom stereocenters. The summed E-state index contributed by atoms with van der Waals surface area (Å²) in [6.45, 7) is 3.57. The summed E-state index contributed by atoms with van der Waals surface area (Å²) in [4.78, 5) is 28.3. The summed E-state index contributed by atoms with van der Waals surface area (Å²) in [5.41, 5.74) is -0.979. The van der Waals surface area contributed by atoms with Crippen LogP contribution in [0.4, 0.5) is 0 Å². The molecule has 0 heterocycles. The third-order valence-electron chi connectivity index (χ3n) is 2.88. The van der Waals surface area contributed by atoms with Crippen LogP contribution in [0.5, 0.6) is 0 Å². The number of benzene rings is 1. The molecular formula is C13H17NO4. The highest BCUT2D eigenvalue weighted by Gasteiger charge is 2.49. The smallest absolute Gasteiger partial charge is 0.346 e. The topological polar surface area (TPSA) is 78.6 Å². The molecule has 0 aromatic heterocycles. The lowest BCUT2D eigenvalue weighted by Gasteiger charge is -2.27. The Bertz CT molecular complexity index is 418. The van der Waals surface area contributed by atoms with Gasteiger partial charge in [-0.1, -0.05) is 37.3 Å². The number of rotatable bonds is 5. The number of nitrogens with two attached hydrogens (primary N) is 1. The van der Waals surface area contributed by atoms with Crippen molar-refractivity contribution < 1.29 is 19.2 Å². The normalized spacial score (nSPS) is 13.5. The highest BCUT2D eigenvalue weighted by molar-refractivity contribution is 6.06. The van der Waals surface area contributed by atoms with Crippen LogP contribution in [0.15, 0.2) is 30.3 Å². The summed E-state index contributed by atoms with van der Waals surface area (Å²) in [6, 6.07) is 8.63. The summed E-state index contributed by atoms with van der Waals surface area (Å²) in [5, 5.41) is 0. The molecule has 0 saturated heterocycles. The van der Waals surface area contributed by atoms with Crippen LogP contribution in [-0.4, -0.2) is 18.5 Å². The van der Waals surface area contributed by atoms with Crippen molar-refractivity contribution in [2.45, 2.75) is 25.7 Å². The lowest BCUT2D eigenvalue weighted by atomic mass is 9.78. The molecule has 0 fully saturated rings. The molecule has 1 aromatic rings. The second-order valence-corrected chi connectivity index (χ2v) is 3.75. The van der Waals surface area contributed by atoms with Gasteiger partial charge in [0.1, 0.15) is 0 Å². The fourth-order valence-corrected chi connectivity index (χ4v) is 1.89. The van der Waals surface area contributed by atoms with Crippen molar-refractivity contribution in [3.63, 3.8) is 0 Å². The first-order chi connectivity index (χ1) is 8.63. The second-order valence-electron chi connectivity index (χ2n) is 3.75. The Morgan fingerprint density at radius 3 is 2.22 bits per heavy atom. The van der Waals surface area contributed by atoms with E-state index in [9.17, 15) is 9.59 Å². The number of esters is 1. The minimum atomic E-state index is -1.49. The number of hydrogen-bond acceptors (Lipinski definition) is 5. The summed E-state index contributed by atoms with van der Waals surface area (Å²) < 4.78 is 4.98. The molecule has 0 radical (unpaired) electrons. The first kappa shape index (κ1) is 14.2. The number of ether oxygens (including phenoxy) is 1. The van der Waals surface area contributed by atoms with E-state index in [1.165, 1.54) is 0 Å². The Hall–Kier alpha value is -1.88. The van der Waals surface area contributed by atoms with Crippen LogP contribution in [0.25, 0.3) is 0 Å². The number of carbonyl (C=O) groups excluding carboxylic acids is 2. The molecule has 1 rings (SSSR count). The van der Waals surface area contributed by atoms with Crippen LogP contribution in [-0.2, 0) is 24.6 Å². The molecule has 0 bridgehead atoms. The molecule has 98 valence electrons. The van der Waals surface area contributed by atoms with Crippen molar-refractivity contribution >= 4 is 11.9 Å². The molecule has 0 amide bonds. The van der Waals surface area contributed by atoms with Crippen molar-refractivity contribution in [1.29, 1.82) is 0 Å². The van der Waals surface area contributed by atoms with Crippen LogP contribution in [0.3, 0.4) is 0 Å². The van der Waals surface area contributed by atoms with Gasteiger partial charge in [0, 0.05) is 0 Å². The fraction of sp³-hybridized carbons (Fsp3) is 0.385. The van der Waals surface area contributed by atoms with Gasteiger partial charge in [-0.2, -0.15) is 5.90 Å². The summed E-state index contributed by atoms with van der Waals surface area (Å²) in [5.74, 6) is 3.49. The van der Waals surface area contributed by atoms with Crippen molar-refractivity contribution in [2.75, 3.05) is 6.61 Å². The lowest BCUT2D eigenvalue weighted by Crippen LogP contribution is -2.46.